The first-order chi connectivity index (χ1) is 8.15. The zero-order valence-electron chi connectivity index (χ0n) is 9.21. The molecular weight excluding hydrogens is 350 g/mol. The quantitative estimate of drug-likeness (QED) is 0.873. The van der Waals surface area contributed by atoms with E-state index in [9.17, 15) is 4.79 Å². The molecule has 0 saturated heterocycles. The average molecular weight is 363 g/mol. The van der Waals surface area contributed by atoms with Crippen LogP contribution in [0, 0.1) is 5.92 Å². The first-order valence-corrected chi connectivity index (χ1v) is 7.08. The molecule has 5 heteroatoms. The van der Waals surface area contributed by atoms with Crippen LogP contribution in [0.25, 0.3) is 0 Å². The molecule has 1 aliphatic carbocycles. The van der Waals surface area contributed by atoms with E-state index in [0.717, 1.165) is 15.5 Å². The summed E-state index contributed by atoms with van der Waals surface area (Å²) in [6.07, 6.45) is 2.47. The van der Waals surface area contributed by atoms with Crippen molar-refractivity contribution in [1.29, 1.82) is 0 Å². The number of ether oxygens (including phenoxy) is 1. The second-order valence-electron chi connectivity index (χ2n) is 4.11. The van der Waals surface area contributed by atoms with Gasteiger partial charge in [-0.3, -0.25) is 4.79 Å². The van der Waals surface area contributed by atoms with Crippen LogP contribution >= 0.6 is 31.9 Å². The molecule has 1 fully saturated rings. The Hall–Kier alpha value is -0.550. The van der Waals surface area contributed by atoms with Gasteiger partial charge in [0.05, 0.1) is 4.47 Å². The summed E-state index contributed by atoms with van der Waals surface area (Å²) in [6, 6.07) is 5.59. The normalized spacial score (nSPS) is 14.5. The van der Waals surface area contributed by atoms with Crippen LogP contribution in [0.1, 0.15) is 12.8 Å². The van der Waals surface area contributed by atoms with E-state index >= 15 is 0 Å². The summed E-state index contributed by atoms with van der Waals surface area (Å²) in [7, 11) is 0. The number of rotatable bonds is 5. The molecule has 0 aromatic heterocycles. The topological polar surface area (TPSA) is 38.3 Å². The fourth-order valence-electron chi connectivity index (χ4n) is 1.37. The molecule has 1 aromatic carbocycles. The maximum atomic E-state index is 11.5. The Balaban J connectivity index is 1.77. The molecule has 0 aliphatic heterocycles. The van der Waals surface area contributed by atoms with Crippen LogP contribution in [0.2, 0.25) is 0 Å². The number of carbonyl (C=O) groups is 1. The third-order valence-corrected chi connectivity index (χ3v) is 3.65. The number of benzene rings is 1. The monoisotopic (exact) mass is 361 g/mol. The van der Waals surface area contributed by atoms with Crippen LogP contribution in [0.4, 0.5) is 0 Å². The minimum absolute atomic E-state index is 0.0625. The van der Waals surface area contributed by atoms with E-state index in [1.54, 1.807) is 0 Å². The van der Waals surface area contributed by atoms with E-state index in [0.29, 0.717) is 11.7 Å². The molecule has 2 rings (SSSR count). The van der Waals surface area contributed by atoms with Crippen LogP contribution in [-0.4, -0.2) is 19.1 Å². The van der Waals surface area contributed by atoms with Gasteiger partial charge < -0.3 is 10.1 Å². The van der Waals surface area contributed by atoms with Gasteiger partial charge in [-0.05, 0) is 52.9 Å². The van der Waals surface area contributed by atoms with Gasteiger partial charge in [-0.2, -0.15) is 0 Å². The summed E-state index contributed by atoms with van der Waals surface area (Å²) < 4.78 is 7.23. The van der Waals surface area contributed by atoms with Crippen LogP contribution in [0.15, 0.2) is 27.1 Å². The third kappa shape index (κ3) is 4.32. The minimum atomic E-state index is -0.0632. The standard InChI is InChI=1S/C12H13Br2NO2/c13-9-3-4-11(10(14)5-9)17-7-12(16)15-6-8-1-2-8/h3-5,8H,1-2,6-7H2,(H,15,16). The summed E-state index contributed by atoms with van der Waals surface area (Å²) in [5.74, 6) is 1.31. The lowest BCUT2D eigenvalue weighted by molar-refractivity contribution is -0.123. The Morgan fingerprint density at radius 1 is 1.41 bits per heavy atom. The van der Waals surface area contributed by atoms with Gasteiger partial charge in [-0.25, -0.2) is 0 Å². The number of nitrogens with one attached hydrogen (secondary N) is 1. The Labute approximate surface area is 117 Å². The average Bonchev–Trinajstić information content (AvgIpc) is 3.09. The van der Waals surface area contributed by atoms with Gasteiger partial charge in [0.25, 0.3) is 5.91 Å². The van der Waals surface area contributed by atoms with E-state index in [1.165, 1.54) is 12.8 Å². The maximum absolute atomic E-state index is 11.5. The molecule has 0 spiro atoms. The number of hydrogen-bond acceptors (Lipinski definition) is 2. The number of carbonyl (C=O) groups excluding carboxylic acids is 1. The highest BCUT2D eigenvalue weighted by Gasteiger charge is 2.21. The molecule has 0 radical (unpaired) electrons. The van der Waals surface area contributed by atoms with Crippen LogP contribution in [-0.2, 0) is 4.79 Å². The molecule has 92 valence electrons. The van der Waals surface area contributed by atoms with E-state index in [-0.39, 0.29) is 12.5 Å². The maximum Gasteiger partial charge on any atom is 0.257 e. The predicted molar refractivity (Wildman–Crippen MR) is 73.1 cm³/mol. The molecule has 1 N–H and O–H groups in total. The van der Waals surface area contributed by atoms with Gasteiger partial charge in [0.1, 0.15) is 5.75 Å². The molecule has 3 nitrogen and oxygen atoms in total. The summed E-state index contributed by atoms with van der Waals surface area (Å²) in [4.78, 5) is 11.5. The van der Waals surface area contributed by atoms with Crippen molar-refractivity contribution in [3.63, 3.8) is 0 Å². The van der Waals surface area contributed by atoms with Gasteiger partial charge in [0, 0.05) is 11.0 Å². The highest BCUT2D eigenvalue weighted by molar-refractivity contribution is 9.11. The number of halogens is 2. The van der Waals surface area contributed by atoms with Crippen LogP contribution in [0.3, 0.4) is 0 Å². The van der Waals surface area contributed by atoms with Crippen molar-refractivity contribution in [2.45, 2.75) is 12.8 Å². The summed E-state index contributed by atoms with van der Waals surface area (Å²) in [6.45, 7) is 0.844. The van der Waals surface area contributed by atoms with Crippen molar-refractivity contribution in [3.8, 4) is 5.75 Å². The van der Waals surface area contributed by atoms with Crippen LogP contribution < -0.4 is 10.1 Å². The van der Waals surface area contributed by atoms with Crippen molar-refractivity contribution in [2.75, 3.05) is 13.2 Å². The molecule has 0 heterocycles. The lowest BCUT2D eigenvalue weighted by Gasteiger charge is -2.08. The molecule has 1 aliphatic rings. The number of amides is 1. The highest BCUT2D eigenvalue weighted by Crippen LogP contribution is 2.28. The van der Waals surface area contributed by atoms with Crippen LogP contribution in [0.5, 0.6) is 5.75 Å². The van der Waals surface area contributed by atoms with E-state index in [1.807, 2.05) is 18.2 Å². The van der Waals surface area contributed by atoms with Gasteiger partial charge in [0.2, 0.25) is 0 Å². The predicted octanol–water partition coefficient (Wildman–Crippen LogP) is 3.12. The fourth-order valence-corrected chi connectivity index (χ4v) is 2.53. The Morgan fingerprint density at radius 3 is 2.82 bits per heavy atom. The second-order valence-corrected chi connectivity index (χ2v) is 5.88. The first-order valence-electron chi connectivity index (χ1n) is 5.49. The molecule has 1 saturated carbocycles. The molecule has 0 bridgehead atoms. The summed E-state index contributed by atoms with van der Waals surface area (Å²) >= 11 is 6.74. The van der Waals surface area contributed by atoms with Gasteiger partial charge >= 0.3 is 0 Å². The molecule has 0 atom stereocenters. The van der Waals surface area contributed by atoms with E-state index < -0.39 is 0 Å². The number of hydrogen-bond donors (Lipinski definition) is 1. The van der Waals surface area contributed by atoms with Gasteiger partial charge in [-0.15, -0.1) is 0 Å². The van der Waals surface area contributed by atoms with Crippen molar-refractivity contribution < 1.29 is 9.53 Å². The van der Waals surface area contributed by atoms with Crippen molar-refractivity contribution in [3.05, 3.63) is 27.1 Å². The Kier molecular flexibility index (Phi) is 4.45. The SMILES string of the molecule is O=C(COc1ccc(Br)cc1Br)NCC1CC1. The highest BCUT2D eigenvalue weighted by atomic mass is 79.9. The molecule has 1 aromatic rings. The van der Waals surface area contributed by atoms with Gasteiger partial charge in [-0.1, -0.05) is 15.9 Å². The lowest BCUT2D eigenvalue weighted by Crippen LogP contribution is -2.30. The molecule has 1 amide bonds. The van der Waals surface area contributed by atoms with E-state index in [2.05, 4.69) is 37.2 Å². The lowest BCUT2D eigenvalue weighted by atomic mass is 10.3. The first kappa shape index (κ1) is 12.9. The zero-order valence-corrected chi connectivity index (χ0v) is 12.4. The van der Waals surface area contributed by atoms with E-state index in [4.69, 9.17) is 4.74 Å². The summed E-state index contributed by atoms with van der Waals surface area (Å²) in [5.41, 5.74) is 0. The summed E-state index contributed by atoms with van der Waals surface area (Å²) in [5, 5.41) is 2.86. The Morgan fingerprint density at radius 2 is 2.18 bits per heavy atom. The molecule has 0 unspecified atom stereocenters. The fraction of sp³-hybridized carbons (Fsp3) is 0.417. The largest absolute Gasteiger partial charge is 0.483 e. The van der Waals surface area contributed by atoms with Gasteiger partial charge in [0.15, 0.2) is 6.61 Å². The smallest absolute Gasteiger partial charge is 0.257 e. The molecule has 17 heavy (non-hydrogen) atoms. The minimum Gasteiger partial charge on any atom is -0.483 e. The third-order valence-electron chi connectivity index (χ3n) is 2.54. The molecular formula is C12H13Br2NO2. The Bertz CT molecular complexity index is 419. The van der Waals surface area contributed by atoms with Crippen molar-refractivity contribution in [2.24, 2.45) is 5.92 Å². The zero-order chi connectivity index (χ0) is 12.3. The van der Waals surface area contributed by atoms with Crippen molar-refractivity contribution >= 4 is 37.8 Å². The second kappa shape index (κ2) is 5.87. The van der Waals surface area contributed by atoms with Crippen molar-refractivity contribution in [1.82, 2.24) is 5.32 Å².